The van der Waals surface area contributed by atoms with Crippen LogP contribution in [-0.4, -0.2) is 19.8 Å². The molecule has 0 saturated carbocycles. The number of hydrogen-bond acceptors (Lipinski definition) is 3. The molecule has 0 atom stereocenters. The van der Waals surface area contributed by atoms with Crippen molar-refractivity contribution in [1.29, 1.82) is 0 Å². The standard InChI is InChI=1S/C11H5Cl2FN4/c12-6-2-1-3-7(14)10(6)11-16-15-9-5-4-8(13)17-18(9)11/h1-5H. The molecule has 90 valence electrons. The molecule has 18 heavy (non-hydrogen) atoms. The Morgan fingerprint density at radius 3 is 2.67 bits per heavy atom. The Balaban J connectivity index is 2.35. The molecule has 0 radical (unpaired) electrons. The van der Waals surface area contributed by atoms with Crippen molar-refractivity contribution in [2.45, 2.75) is 0 Å². The molecule has 0 aliphatic rings. The van der Waals surface area contributed by atoms with E-state index in [-0.39, 0.29) is 21.6 Å². The molecule has 0 unspecified atom stereocenters. The molecule has 0 spiro atoms. The largest absolute Gasteiger partial charge is 0.206 e. The van der Waals surface area contributed by atoms with Gasteiger partial charge < -0.3 is 0 Å². The van der Waals surface area contributed by atoms with Crippen molar-refractivity contribution in [3.05, 3.63) is 46.3 Å². The molecule has 0 amide bonds. The summed E-state index contributed by atoms with van der Waals surface area (Å²) < 4.78 is 15.2. The van der Waals surface area contributed by atoms with E-state index in [1.165, 1.54) is 16.6 Å². The Kier molecular flexibility index (Phi) is 2.65. The zero-order valence-electron chi connectivity index (χ0n) is 8.81. The van der Waals surface area contributed by atoms with Crippen LogP contribution in [0.3, 0.4) is 0 Å². The molecule has 0 fully saturated rings. The third kappa shape index (κ3) is 1.72. The average Bonchev–Trinajstić information content (AvgIpc) is 2.72. The summed E-state index contributed by atoms with van der Waals surface area (Å²) in [6.45, 7) is 0. The summed E-state index contributed by atoms with van der Waals surface area (Å²) in [5, 5.41) is 12.3. The van der Waals surface area contributed by atoms with Gasteiger partial charge in [-0.15, -0.1) is 10.2 Å². The lowest BCUT2D eigenvalue weighted by atomic mass is 10.2. The summed E-state index contributed by atoms with van der Waals surface area (Å²) >= 11 is 11.8. The maximum atomic E-state index is 13.8. The molecular formula is C11H5Cl2FN4. The highest BCUT2D eigenvalue weighted by molar-refractivity contribution is 6.33. The second-order valence-electron chi connectivity index (χ2n) is 3.55. The van der Waals surface area contributed by atoms with Crippen LogP contribution < -0.4 is 0 Å². The van der Waals surface area contributed by atoms with Gasteiger partial charge in [0.1, 0.15) is 11.0 Å². The highest BCUT2D eigenvalue weighted by Gasteiger charge is 2.16. The minimum absolute atomic E-state index is 0.154. The minimum atomic E-state index is -0.487. The van der Waals surface area contributed by atoms with Crippen LogP contribution in [0.5, 0.6) is 0 Å². The fourth-order valence-corrected chi connectivity index (χ4v) is 2.02. The van der Waals surface area contributed by atoms with Gasteiger partial charge in [-0.05, 0) is 24.3 Å². The molecular weight excluding hydrogens is 278 g/mol. The van der Waals surface area contributed by atoms with Crippen molar-refractivity contribution >= 4 is 28.8 Å². The first-order valence-corrected chi connectivity index (χ1v) is 5.75. The highest BCUT2D eigenvalue weighted by Crippen LogP contribution is 2.29. The number of aromatic nitrogens is 4. The van der Waals surface area contributed by atoms with Crippen LogP contribution in [-0.2, 0) is 0 Å². The van der Waals surface area contributed by atoms with Gasteiger partial charge in [0.05, 0.1) is 10.6 Å². The van der Waals surface area contributed by atoms with Gasteiger partial charge in [0.15, 0.2) is 11.5 Å². The molecule has 0 aliphatic heterocycles. The summed E-state index contributed by atoms with van der Waals surface area (Å²) in [6.07, 6.45) is 0. The van der Waals surface area contributed by atoms with Crippen molar-refractivity contribution in [3.8, 4) is 11.4 Å². The molecule has 2 aromatic heterocycles. The van der Waals surface area contributed by atoms with Crippen LogP contribution >= 0.6 is 23.2 Å². The monoisotopic (exact) mass is 282 g/mol. The van der Waals surface area contributed by atoms with E-state index in [0.717, 1.165) is 0 Å². The number of hydrogen-bond donors (Lipinski definition) is 0. The van der Waals surface area contributed by atoms with Crippen molar-refractivity contribution in [1.82, 2.24) is 19.8 Å². The van der Waals surface area contributed by atoms with Crippen molar-refractivity contribution in [2.75, 3.05) is 0 Å². The van der Waals surface area contributed by atoms with Crippen LogP contribution in [0.15, 0.2) is 30.3 Å². The molecule has 0 saturated heterocycles. The highest BCUT2D eigenvalue weighted by atomic mass is 35.5. The van der Waals surface area contributed by atoms with Crippen LogP contribution in [0.1, 0.15) is 0 Å². The molecule has 4 nitrogen and oxygen atoms in total. The molecule has 0 aliphatic carbocycles. The molecule has 3 aromatic rings. The molecule has 0 N–H and O–H groups in total. The van der Waals surface area contributed by atoms with Gasteiger partial charge in [0.25, 0.3) is 0 Å². The number of rotatable bonds is 1. The first-order valence-electron chi connectivity index (χ1n) is 4.99. The van der Waals surface area contributed by atoms with E-state index in [0.29, 0.717) is 5.65 Å². The summed E-state index contributed by atoms with van der Waals surface area (Å²) in [5.74, 6) is -0.269. The van der Waals surface area contributed by atoms with Gasteiger partial charge in [-0.3, -0.25) is 0 Å². The maximum absolute atomic E-state index is 13.8. The second-order valence-corrected chi connectivity index (χ2v) is 4.34. The van der Waals surface area contributed by atoms with Gasteiger partial charge >= 0.3 is 0 Å². The van der Waals surface area contributed by atoms with Crippen LogP contribution in [0, 0.1) is 5.82 Å². The second kappa shape index (κ2) is 4.19. The lowest BCUT2D eigenvalue weighted by Gasteiger charge is -2.03. The number of nitrogens with zero attached hydrogens (tertiary/aromatic N) is 4. The van der Waals surface area contributed by atoms with E-state index in [9.17, 15) is 4.39 Å². The molecule has 1 aromatic carbocycles. The van der Waals surface area contributed by atoms with Crippen molar-refractivity contribution < 1.29 is 4.39 Å². The van der Waals surface area contributed by atoms with Crippen LogP contribution in [0.4, 0.5) is 4.39 Å². The zero-order valence-corrected chi connectivity index (χ0v) is 10.3. The van der Waals surface area contributed by atoms with Gasteiger partial charge in [-0.25, -0.2) is 4.39 Å². The first kappa shape index (κ1) is 11.4. The quantitative estimate of drug-likeness (QED) is 0.688. The third-order valence-electron chi connectivity index (χ3n) is 2.42. The van der Waals surface area contributed by atoms with Gasteiger partial charge in [-0.1, -0.05) is 29.3 Å². The van der Waals surface area contributed by atoms with Gasteiger partial charge in [-0.2, -0.15) is 9.61 Å². The minimum Gasteiger partial charge on any atom is -0.206 e. The number of fused-ring (bicyclic) bond motifs is 1. The van der Waals surface area contributed by atoms with Crippen molar-refractivity contribution in [3.63, 3.8) is 0 Å². The Labute approximate surface area is 111 Å². The van der Waals surface area contributed by atoms with E-state index >= 15 is 0 Å². The lowest BCUT2D eigenvalue weighted by molar-refractivity contribution is 0.629. The fourth-order valence-electron chi connectivity index (χ4n) is 1.63. The predicted molar refractivity (Wildman–Crippen MR) is 66.2 cm³/mol. The Bertz CT molecular complexity index is 721. The molecule has 7 heteroatoms. The third-order valence-corrected chi connectivity index (χ3v) is 2.93. The summed E-state index contributed by atoms with van der Waals surface area (Å²) in [7, 11) is 0. The topological polar surface area (TPSA) is 43.1 Å². The Morgan fingerprint density at radius 2 is 1.89 bits per heavy atom. The summed E-state index contributed by atoms with van der Waals surface area (Å²) in [6, 6.07) is 7.61. The van der Waals surface area contributed by atoms with E-state index in [2.05, 4.69) is 15.3 Å². The smallest absolute Gasteiger partial charge is 0.189 e. The maximum Gasteiger partial charge on any atom is 0.189 e. The summed E-state index contributed by atoms with van der Waals surface area (Å²) in [5.41, 5.74) is 0.621. The van der Waals surface area contributed by atoms with E-state index in [4.69, 9.17) is 23.2 Å². The Hall–Kier alpha value is -1.72. The average molecular weight is 283 g/mol. The fraction of sp³-hybridized carbons (Fsp3) is 0. The molecule has 3 rings (SSSR count). The molecule has 2 heterocycles. The normalized spacial score (nSPS) is 11.1. The summed E-state index contributed by atoms with van der Waals surface area (Å²) in [4.78, 5) is 0. The zero-order chi connectivity index (χ0) is 12.7. The van der Waals surface area contributed by atoms with Crippen molar-refractivity contribution in [2.24, 2.45) is 0 Å². The van der Waals surface area contributed by atoms with E-state index in [1.807, 2.05) is 0 Å². The lowest BCUT2D eigenvalue weighted by Crippen LogP contribution is -1.97. The van der Waals surface area contributed by atoms with E-state index in [1.54, 1.807) is 18.2 Å². The molecule has 0 bridgehead atoms. The predicted octanol–water partition coefficient (Wildman–Crippen LogP) is 3.24. The Morgan fingerprint density at radius 1 is 1.06 bits per heavy atom. The first-order chi connectivity index (χ1) is 8.66. The van der Waals surface area contributed by atoms with E-state index < -0.39 is 5.82 Å². The SMILES string of the molecule is Fc1cccc(Cl)c1-c1nnc2ccc(Cl)nn12. The van der Waals surface area contributed by atoms with Crippen LogP contribution in [0.2, 0.25) is 10.2 Å². The number of halogens is 3. The number of benzene rings is 1. The van der Waals surface area contributed by atoms with Gasteiger partial charge in [0, 0.05) is 0 Å². The van der Waals surface area contributed by atoms with Crippen LogP contribution in [0.25, 0.3) is 17.0 Å². The van der Waals surface area contributed by atoms with Gasteiger partial charge in [0.2, 0.25) is 0 Å².